The van der Waals surface area contributed by atoms with Crippen molar-refractivity contribution < 1.29 is 8.42 Å². The van der Waals surface area contributed by atoms with Gasteiger partial charge in [-0.2, -0.15) is 0 Å². The molecular weight excluding hydrogens is 224 g/mol. The van der Waals surface area contributed by atoms with Crippen LogP contribution in [0.5, 0.6) is 0 Å². The fourth-order valence-corrected chi connectivity index (χ4v) is 2.44. The second-order valence-electron chi connectivity index (χ2n) is 4.40. The van der Waals surface area contributed by atoms with Gasteiger partial charge in [-0.25, -0.2) is 8.42 Å². The summed E-state index contributed by atoms with van der Waals surface area (Å²) in [6.45, 7) is 8.72. The normalized spacial score (nSPS) is 12.6. The molecule has 0 heterocycles. The molecule has 98 valence electrons. The smallest absolute Gasteiger partial charge is 0.153 e. The van der Waals surface area contributed by atoms with E-state index in [1.807, 2.05) is 0 Å². The van der Waals surface area contributed by atoms with Gasteiger partial charge in [-0.05, 0) is 46.3 Å². The van der Waals surface area contributed by atoms with Crippen LogP contribution in [0.4, 0.5) is 0 Å². The van der Waals surface area contributed by atoms with Gasteiger partial charge < -0.3 is 10.6 Å². The van der Waals surface area contributed by atoms with Crippen molar-refractivity contribution in [1.29, 1.82) is 0 Å². The van der Waals surface area contributed by atoms with Gasteiger partial charge in [-0.1, -0.05) is 6.92 Å². The van der Waals surface area contributed by atoms with Gasteiger partial charge in [0.1, 0.15) is 0 Å². The average molecular weight is 250 g/mol. The molecule has 0 spiro atoms. The quantitative estimate of drug-likeness (QED) is 0.659. The summed E-state index contributed by atoms with van der Waals surface area (Å²) >= 11 is 0. The first kappa shape index (κ1) is 15.9. The second kappa shape index (κ2) is 8.03. The van der Waals surface area contributed by atoms with Crippen LogP contribution in [0.2, 0.25) is 0 Å². The molecule has 0 aliphatic carbocycles. The predicted molar refractivity (Wildman–Crippen MR) is 69.3 cm³/mol. The third kappa shape index (κ3) is 6.45. The average Bonchev–Trinajstić information content (AvgIpc) is 2.22. The summed E-state index contributed by atoms with van der Waals surface area (Å²) in [5.41, 5.74) is 5.46. The van der Waals surface area contributed by atoms with E-state index in [0.717, 1.165) is 25.9 Å². The highest BCUT2D eigenvalue weighted by Crippen LogP contribution is 2.02. The largest absolute Gasteiger partial charge is 0.330 e. The number of hydrogen-bond donors (Lipinski definition) is 1. The maximum atomic E-state index is 11.7. The van der Waals surface area contributed by atoms with E-state index >= 15 is 0 Å². The Morgan fingerprint density at radius 1 is 1.19 bits per heavy atom. The van der Waals surface area contributed by atoms with Crippen LogP contribution >= 0.6 is 0 Å². The Bertz CT molecular complexity index is 263. The fourth-order valence-electron chi connectivity index (χ4n) is 1.46. The van der Waals surface area contributed by atoms with Gasteiger partial charge in [-0.15, -0.1) is 0 Å². The van der Waals surface area contributed by atoms with E-state index in [4.69, 9.17) is 5.73 Å². The molecule has 0 rings (SSSR count). The minimum atomic E-state index is -2.91. The van der Waals surface area contributed by atoms with Crippen molar-refractivity contribution in [2.75, 3.05) is 31.9 Å². The van der Waals surface area contributed by atoms with Gasteiger partial charge >= 0.3 is 0 Å². The minimum absolute atomic E-state index is 0.259. The number of nitrogens with zero attached hydrogens (tertiary/aromatic N) is 1. The van der Waals surface area contributed by atoms with Gasteiger partial charge in [0.2, 0.25) is 0 Å². The van der Waals surface area contributed by atoms with Crippen LogP contribution in [0.15, 0.2) is 0 Å². The first-order valence-corrected chi connectivity index (χ1v) is 7.79. The van der Waals surface area contributed by atoms with E-state index in [1.165, 1.54) is 0 Å². The lowest BCUT2D eigenvalue weighted by Gasteiger charge is -2.21. The zero-order valence-electron chi connectivity index (χ0n) is 10.8. The third-order valence-electron chi connectivity index (χ3n) is 2.63. The van der Waals surface area contributed by atoms with Crippen molar-refractivity contribution >= 4 is 9.84 Å². The molecule has 0 fully saturated rings. The van der Waals surface area contributed by atoms with Crippen molar-refractivity contribution in [2.24, 2.45) is 5.73 Å². The molecule has 0 bridgehead atoms. The van der Waals surface area contributed by atoms with Gasteiger partial charge in [-0.3, -0.25) is 0 Å². The Morgan fingerprint density at radius 2 is 1.81 bits per heavy atom. The summed E-state index contributed by atoms with van der Waals surface area (Å²) in [5, 5.41) is -0.273. The molecule has 0 saturated carbocycles. The highest BCUT2D eigenvalue weighted by molar-refractivity contribution is 7.92. The molecule has 0 aromatic heterocycles. The molecule has 0 aliphatic heterocycles. The molecular formula is C11H26N2O2S. The lowest BCUT2D eigenvalue weighted by molar-refractivity contribution is 0.287. The lowest BCUT2D eigenvalue weighted by Crippen LogP contribution is -2.33. The van der Waals surface area contributed by atoms with E-state index in [1.54, 1.807) is 13.8 Å². The van der Waals surface area contributed by atoms with Crippen molar-refractivity contribution in [1.82, 2.24) is 4.90 Å². The summed E-state index contributed by atoms with van der Waals surface area (Å²) in [6.07, 6.45) is 1.98. The SMILES string of the molecule is CCCN(CCCN)CCS(=O)(=O)C(C)C. The monoisotopic (exact) mass is 250 g/mol. The Hall–Kier alpha value is -0.130. The van der Waals surface area contributed by atoms with Crippen LogP contribution in [0, 0.1) is 0 Å². The summed E-state index contributed by atoms with van der Waals surface area (Å²) in [7, 11) is -2.91. The van der Waals surface area contributed by atoms with Crippen molar-refractivity contribution in [3.63, 3.8) is 0 Å². The molecule has 2 N–H and O–H groups in total. The van der Waals surface area contributed by atoms with Crippen molar-refractivity contribution in [2.45, 2.75) is 38.9 Å². The van der Waals surface area contributed by atoms with Crippen LogP contribution in [-0.2, 0) is 9.84 Å². The van der Waals surface area contributed by atoms with Crippen LogP contribution < -0.4 is 5.73 Å². The van der Waals surface area contributed by atoms with Crippen LogP contribution in [0.25, 0.3) is 0 Å². The first-order valence-electron chi connectivity index (χ1n) is 6.08. The van der Waals surface area contributed by atoms with Gasteiger partial charge in [0.05, 0.1) is 11.0 Å². The van der Waals surface area contributed by atoms with Crippen molar-refractivity contribution in [3.8, 4) is 0 Å². The van der Waals surface area contributed by atoms with Crippen LogP contribution in [-0.4, -0.2) is 50.5 Å². The third-order valence-corrected chi connectivity index (χ3v) is 4.82. The van der Waals surface area contributed by atoms with E-state index in [-0.39, 0.29) is 11.0 Å². The summed E-state index contributed by atoms with van der Waals surface area (Å²) in [5.74, 6) is 0.259. The van der Waals surface area contributed by atoms with E-state index < -0.39 is 9.84 Å². The molecule has 0 aromatic carbocycles. The number of nitrogens with two attached hydrogens (primary N) is 1. The zero-order valence-corrected chi connectivity index (χ0v) is 11.6. The first-order chi connectivity index (χ1) is 7.44. The highest BCUT2D eigenvalue weighted by atomic mass is 32.2. The molecule has 0 aliphatic rings. The summed E-state index contributed by atoms with van der Waals surface area (Å²) in [4.78, 5) is 2.19. The second-order valence-corrected chi connectivity index (χ2v) is 7.08. The molecule has 0 aromatic rings. The molecule has 16 heavy (non-hydrogen) atoms. The molecule has 0 atom stereocenters. The molecule has 0 unspecified atom stereocenters. The minimum Gasteiger partial charge on any atom is -0.330 e. The van der Waals surface area contributed by atoms with Crippen LogP contribution in [0.1, 0.15) is 33.6 Å². The van der Waals surface area contributed by atoms with Crippen molar-refractivity contribution in [3.05, 3.63) is 0 Å². The Kier molecular flexibility index (Phi) is 7.97. The Morgan fingerprint density at radius 3 is 2.25 bits per heavy atom. The molecule has 0 radical (unpaired) electrons. The topological polar surface area (TPSA) is 63.4 Å². The number of rotatable bonds is 9. The number of sulfone groups is 1. The molecule has 4 nitrogen and oxygen atoms in total. The fraction of sp³-hybridized carbons (Fsp3) is 1.00. The van der Waals surface area contributed by atoms with E-state index in [0.29, 0.717) is 13.1 Å². The standard InChI is InChI=1S/C11H26N2O2S/c1-4-7-13(8-5-6-12)9-10-16(14,15)11(2)3/h11H,4-10,12H2,1-3H3. The van der Waals surface area contributed by atoms with E-state index in [9.17, 15) is 8.42 Å². The van der Waals surface area contributed by atoms with Gasteiger partial charge in [0.25, 0.3) is 0 Å². The van der Waals surface area contributed by atoms with Gasteiger partial charge in [0, 0.05) is 6.54 Å². The Balaban J connectivity index is 4.10. The van der Waals surface area contributed by atoms with Gasteiger partial charge in [0.15, 0.2) is 9.84 Å². The summed E-state index contributed by atoms with van der Waals surface area (Å²) < 4.78 is 23.3. The van der Waals surface area contributed by atoms with Crippen LogP contribution in [0.3, 0.4) is 0 Å². The maximum absolute atomic E-state index is 11.7. The maximum Gasteiger partial charge on any atom is 0.153 e. The van der Waals surface area contributed by atoms with E-state index in [2.05, 4.69) is 11.8 Å². The number of hydrogen-bond acceptors (Lipinski definition) is 4. The zero-order chi connectivity index (χ0) is 12.6. The molecule has 0 saturated heterocycles. The predicted octanol–water partition coefficient (Wildman–Crippen LogP) is 0.870. The Labute approximate surface area is 100 Å². The highest BCUT2D eigenvalue weighted by Gasteiger charge is 2.17. The summed E-state index contributed by atoms with van der Waals surface area (Å²) in [6, 6.07) is 0. The lowest BCUT2D eigenvalue weighted by atomic mass is 10.3. The molecule has 0 amide bonds. The molecule has 5 heteroatoms.